The van der Waals surface area contributed by atoms with E-state index < -0.39 is 5.82 Å². The number of nitrogen functional groups attached to an aromatic ring is 1. The zero-order chi connectivity index (χ0) is 13.0. The van der Waals surface area contributed by atoms with E-state index in [0.29, 0.717) is 29.4 Å². The predicted octanol–water partition coefficient (Wildman–Crippen LogP) is 0.242. The zero-order valence-corrected chi connectivity index (χ0v) is 10.0. The smallest absolute Gasteiger partial charge is 0.350 e. The van der Waals surface area contributed by atoms with Gasteiger partial charge in [-0.15, -0.1) is 0 Å². The predicted molar refractivity (Wildman–Crippen MR) is 65.3 cm³/mol. The second kappa shape index (κ2) is 3.34. The molecular formula is C11H12FN5O. The van der Waals surface area contributed by atoms with Gasteiger partial charge in [0.25, 0.3) is 0 Å². The second-order valence-electron chi connectivity index (χ2n) is 4.38. The lowest BCUT2D eigenvalue weighted by Gasteiger charge is -2.28. The molecule has 1 aromatic carbocycles. The van der Waals surface area contributed by atoms with Gasteiger partial charge in [0.05, 0.1) is 23.6 Å². The first-order chi connectivity index (χ1) is 8.49. The van der Waals surface area contributed by atoms with Gasteiger partial charge >= 0.3 is 5.69 Å². The van der Waals surface area contributed by atoms with E-state index in [0.717, 1.165) is 0 Å². The number of fused-ring (bicyclic) bond motifs is 3. The molecule has 1 aromatic heterocycles. The minimum Gasteiger partial charge on any atom is -0.397 e. The molecule has 1 aliphatic rings. The fraction of sp³-hybridized carbons (Fsp3) is 0.273. The molecule has 7 heteroatoms. The quantitative estimate of drug-likeness (QED) is 0.679. The van der Waals surface area contributed by atoms with Crippen LogP contribution < -0.4 is 16.3 Å². The Balaban J connectivity index is 2.42. The third-order valence-corrected chi connectivity index (χ3v) is 3.08. The Bertz CT molecular complexity index is 702. The molecule has 3 rings (SSSR count). The minimum atomic E-state index is -0.469. The first-order valence-electron chi connectivity index (χ1n) is 5.44. The van der Waals surface area contributed by atoms with Crippen LogP contribution in [-0.2, 0) is 13.6 Å². The van der Waals surface area contributed by atoms with Gasteiger partial charge in [0.15, 0.2) is 5.82 Å². The number of nitrogens with two attached hydrogens (primary N) is 1. The van der Waals surface area contributed by atoms with Gasteiger partial charge in [-0.1, -0.05) is 0 Å². The van der Waals surface area contributed by atoms with Gasteiger partial charge in [0.1, 0.15) is 5.82 Å². The molecule has 2 aromatic rings. The molecule has 0 saturated carbocycles. The highest BCUT2D eigenvalue weighted by atomic mass is 19.1. The standard InChI is InChI=1S/C11H12FN5O/c1-15-5-9-14-16(2)11(18)17(9)8-4-6(12)3-7(13)10(8)15/h3-4H,5,13H2,1-2H3. The van der Waals surface area contributed by atoms with Crippen molar-refractivity contribution < 1.29 is 4.39 Å². The number of hydrogen-bond donors (Lipinski definition) is 1. The third kappa shape index (κ3) is 1.27. The van der Waals surface area contributed by atoms with Gasteiger partial charge in [-0.05, 0) is 6.07 Å². The Morgan fingerprint density at radius 2 is 2.11 bits per heavy atom. The summed E-state index contributed by atoms with van der Waals surface area (Å²) in [6.07, 6.45) is 0. The molecular weight excluding hydrogens is 237 g/mol. The van der Waals surface area contributed by atoms with Crippen molar-refractivity contribution in [2.45, 2.75) is 6.54 Å². The van der Waals surface area contributed by atoms with Crippen molar-refractivity contribution in [3.63, 3.8) is 0 Å². The van der Waals surface area contributed by atoms with Crippen LogP contribution in [0.3, 0.4) is 0 Å². The maximum Gasteiger partial charge on any atom is 0.350 e. The fourth-order valence-electron chi connectivity index (χ4n) is 2.34. The summed E-state index contributed by atoms with van der Waals surface area (Å²) in [5, 5.41) is 4.12. The van der Waals surface area contributed by atoms with Crippen molar-refractivity contribution in [1.29, 1.82) is 0 Å². The molecule has 0 radical (unpaired) electrons. The molecule has 6 nitrogen and oxygen atoms in total. The van der Waals surface area contributed by atoms with Crippen LogP contribution in [0.15, 0.2) is 16.9 Å². The maximum absolute atomic E-state index is 13.5. The second-order valence-corrected chi connectivity index (χ2v) is 4.38. The van der Waals surface area contributed by atoms with Gasteiger partial charge in [-0.25, -0.2) is 18.4 Å². The molecule has 0 saturated heterocycles. The SMILES string of the molecule is CN1Cc2nn(C)c(=O)n2-c2cc(F)cc(N)c21. The van der Waals surface area contributed by atoms with Crippen LogP contribution in [0.25, 0.3) is 5.69 Å². The monoisotopic (exact) mass is 249 g/mol. The van der Waals surface area contributed by atoms with E-state index in [4.69, 9.17) is 5.73 Å². The van der Waals surface area contributed by atoms with E-state index in [1.165, 1.54) is 21.4 Å². The Kier molecular flexibility index (Phi) is 2.01. The van der Waals surface area contributed by atoms with Gasteiger partial charge in [0, 0.05) is 20.2 Å². The first-order valence-corrected chi connectivity index (χ1v) is 5.44. The molecule has 0 aliphatic carbocycles. The fourth-order valence-corrected chi connectivity index (χ4v) is 2.34. The average Bonchev–Trinajstić information content (AvgIpc) is 2.53. The number of benzene rings is 1. The van der Waals surface area contributed by atoms with Crippen molar-refractivity contribution in [2.24, 2.45) is 7.05 Å². The van der Waals surface area contributed by atoms with Gasteiger partial charge in [0.2, 0.25) is 0 Å². The highest BCUT2D eigenvalue weighted by Crippen LogP contribution is 2.35. The number of halogens is 1. The summed E-state index contributed by atoms with van der Waals surface area (Å²) in [7, 11) is 3.39. The average molecular weight is 249 g/mol. The third-order valence-electron chi connectivity index (χ3n) is 3.08. The highest BCUT2D eigenvalue weighted by Gasteiger charge is 2.26. The number of anilines is 2. The van der Waals surface area contributed by atoms with E-state index in [2.05, 4.69) is 5.10 Å². The molecule has 1 aliphatic heterocycles. The number of hydrogen-bond acceptors (Lipinski definition) is 4. The topological polar surface area (TPSA) is 69.1 Å². The zero-order valence-electron chi connectivity index (χ0n) is 10.0. The summed E-state index contributed by atoms with van der Waals surface area (Å²) in [5.74, 6) is 0.103. The molecule has 0 amide bonds. The molecule has 0 bridgehead atoms. The Morgan fingerprint density at radius 1 is 1.39 bits per heavy atom. The van der Waals surface area contributed by atoms with Gasteiger partial charge in [-0.3, -0.25) is 0 Å². The summed E-state index contributed by atoms with van der Waals surface area (Å²) >= 11 is 0. The summed E-state index contributed by atoms with van der Waals surface area (Å²) < 4.78 is 16.1. The number of nitrogens with zero attached hydrogens (tertiary/aromatic N) is 4. The van der Waals surface area contributed by atoms with E-state index in [9.17, 15) is 9.18 Å². The summed E-state index contributed by atoms with van der Waals surface area (Å²) in [6.45, 7) is 0.457. The molecule has 0 unspecified atom stereocenters. The normalized spacial score (nSPS) is 13.4. The van der Waals surface area contributed by atoms with Crippen LogP contribution in [0.1, 0.15) is 5.82 Å². The van der Waals surface area contributed by atoms with Crippen molar-refractivity contribution in [1.82, 2.24) is 14.3 Å². The van der Waals surface area contributed by atoms with Gasteiger partial charge < -0.3 is 10.6 Å². The Morgan fingerprint density at radius 3 is 2.83 bits per heavy atom. The van der Waals surface area contributed by atoms with Crippen LogP contribution in [0.4, 0.5) is 15.8 Å². The Hall–Kier alpha value is -2.31. The largest absolute Gasteiger partial charge is 0.397 e. The van der Waals surface area contributed by atoms with Gasteiger partial charge in [-0.2, -0.15) is 5.10 Å². The van der Waals surface area contributed by atoms with E-state index in [-0.39, 0.29) is 5.69 Å². The molecule has 0 spiro atoms. The summed E-state index contributed by atoms with van der Waals surface area (Å²) in [6, 6.07) is 2.55. The highest BCUT2D eigenvalue weighted by molar-refractivity contribution is 5.78. The Labute approximate surface area is 102 Å². The van der Waals surface area contributed by atoms with Crippen LogP contribution in [0.2, 0.25) is 0 Å². The van der Waals surface area contributed by atoms with E-state index in [1.54, 1.807) is 7.05 Å². The number of aromatic nitrogens is 3. The van der Waals surface area contributed by atoms with Crippen molar-refractivity contribution in [3.8, 4) is 5.69 Å². The van der Waals surface area contributed by atoms with E-state index in [1.807, 2.05) is 11.9 Å². The minimum absolute atomic E-state index is 0.302. The first kappa shape index (κ1) is 10.8. The maximum atomic E-state index is 13.5. The number of rotatable bonds is 0. The van der Waals surface area contributed by atoms with E-state index >= 15 is 0 Å². The summed E-state index contributed by atoms with van der Waals surface area (Å²) in [5.41, 5.74) is 6.93. The lowest BCUT2D eigenvalue weighted by molar-refractivity contribution is 0.624. The van der Waals surface area contributed by atoms with Crippen LogP contribution in [0, 0.1) is 5.82 Å². The molecule has 18 heavy (non-hydrogen) atoms. The van der Waals surface area contributed by atoms with Crippen LogP contribution in [-0.4, -0.2) is 21.4 Å². The van der Waals surface area contributed by atoms with Crippen molar-refractivity contribution >= 4 is 11.4 Å². The van der Waals surface area contributed by atoms with Crippen LogP contribution >= 0.6 is 0 Å². The molecule has 0 fully saturated rings. The van der Waals surface area contributed by atoms with Crippen LogP contribution in [0.5, 0.6) is 0 Å². The lowest BCUT2D eigenvalue weighted by atomic mass is 10.1. The van der Waals surface area contributed by atoms with Crippen molar-refractivity contribution in [2.75, 3.05) is 17.7 Å². The number of aryl methyl sites for hydroxylation is 1. The van der Waals surface area contributed by atoms with Crippen molar-refractivity contribution in [3.05, 3.63) is 34.3 Å². The molecule has 2 N–H and O–H groups in total. The molecule has 2 heterocycles. The summed E-state index contributed by atoms with van der Waals surface area (Å²) in [4.78, 5) is 13.8. The molecule has 0 atom stereocenters. The lowest BCUT2D eigenvalue weighted by Crippen LogP contribution is -2.31. The molecule has 94 valence electrons.